The predicted molar refractivity (Wildman–Crippen MR) is 115 cm³/mol. The summed E-state index contributed by atoms with van der Waals surface area (Å²) in [5.74, 6) is -1.53. The van der Waals surface area contributed by atoms with Gasteiger partial charge in [-0.1, -0.05) is 13.8 Å². The van der Waals surface area contributed by atoms with Crippen LogP contribution in [-0.2, 0) is 6.42 Å². The fourth-order valence-electron chi connectivity index (χ4n) is 4.87. The molecule has 0 radical (unpaired) electrons. The van der Waals surface area contributed by atoms with E-state index in [4.69, 9.17) is 5.73 Å². The minimum Gasteiger partial charge on any atom is -0.393 e. The average Bonchev–Trinajstić information content (AvgIpc) is 2.98. The largest absolute Gasteiger partial charge is 0.393 e. The molecule has 4 N–H and O–H groups in total. The molecule has 0 unspecified atom stereocenters. The van der Waals surface area contributed by atoms with Crippen LogP contribution in [0.5, 0.6) is 0 Å². The number of hydrogen-bond acceptors (Lipinski definition) is 5. The Hall–Kier alpha value is -2.74. The molecular weight excluding hydrogens is 399 g/mol. The number of hydrogen-bond donors (Lipinski definition) is 3. The number of primary amides is 1. The first-order valence-corrected chi connectivity index (χ1v) is 10.8. The molecule has 7 nitrogen and oxygen atoms in total. The Balaban J connectivity index is 1.79. The third-order valence-corrected chi connectivity index (χ3v) is 6.34. The van der Waals surface area contributed by atoms with Crippen molar-refractivity contribution < 1.29 is 19.1 Å². The number of carbonyl (C=O) groups excluding carboxylic acids is 2. The van der Waals surface area contributed by atoms with Crippen LogP contribution in [0.4, 0.5) is 10.1 Å². The van der Waals surface area contributed by atoms with Crippen molar-refractivity contribution in [3.8, 4) is 5.69 Å². The van der Waals surface area contributed by atoms with Gasteiger partial charge in [0.1, 0.15) is 5.82 Å². The molecule has 2 aliphatic rings. The molecule has 0 bridgehead atoms. The standard InChI is InChI=1S/C23H29FN4O3/c1-12-20-18(10-23(2,3)11-19(20)30)28(27-12)14-8-16(24)21(22(25)31)17(9-14)26-13-4-6-15(29)7-5-13/h8-9,13,15,26,29H,4-7,10-11H2,1-3H3,(H2,25,31). The van der Waals surface area contributed by atoms with E-state index in [1.165, 1.54) is 6.07 Å². The van der Waals surface area contributed by atoms with Gasteiger partial charge >= 0.3 is 0 Å². The van der Waals surface area contributed by atoms with E-state index in [-0.39, 0.29) is 28.9 Å². The second-order valence-corrected chi connectivity index (χ2v) is 9.62. The average molecular weight is 429 g/mol. The minimum absolute atomic E-state index is 0.00457. The fourth-order valence-corrected chi connectivity index (χ4v) is 4.87. The molecular formula is C23H29FN4O3. The number of ketones is 1. The maximum Gasteiger partial charge on any atom is 0.253 e. The molecule has 1 fully saturated rings. The summed E-state index contributed by atoms with van der Waals surface area (Å²) < 4.78 is 16.7. The van der Waals surface area contributed by atoms with Crippen molar-refractivity contribution in [3.63, 3.8) is 0 Å². The molecule has 8 heteroatoms. The van der Waals surface area contributed by atoms with Gasteiger partial charge < -0.3 is 16.2 Å². The zero-order chi connectivity index (χ0) is 22.5. The van der Waals surface area contributed by atoms with Gasteiger partial charge in [-0.15, -0.1) is 0 Å². The van der Waals surface area contributed by atoms with Gasteiger partial charge in [0.25, 0.3) is 5.91 Å². The van der Waals surface area contributed by atoms with E-state index in [1.807, 2.05) is 13.8 Å². The van der Waals surface area contributed by atoms with Crippen molar-refractivity contribution >= 4 is 17.4 Å². The third-order valence-electron chi connectivity index (χ3n) is 6.34. The first kappa shape index (κ1) is 21.5. The van der Waals surface area contributed by atoms with Gasteiger partial charge in [0.15, 0.2) is 5.78 Å². The van der Waals surface area contributed by atoms with Crippen LogP contribution in [0.25, 0.3) is 5.69 Å². The molecule has 1 amide bonds. The number of aryl methyl sites for hydroxylation is 1. The highest BCUT2D eigenvalue weighted by Crippen LogP contribution is 2.38. The number of anilines is 1. The van der Waals surface area contributed by atoms with Gasteiger partial charge in [0.05, 0.1) is 40.0 Å². The number of nitrogens with zero attached hydrogens (tertiary/aromatic N) is 2. The smallest absolute Gasteiger partial charge is 0.253 e. The van der Waals surface area contributed by atoms with Gasteiger partial charge in [-0.05, 0) is 50.5 Å². The highest BCUT2D eigenvalue weighted by atomic mass is 19.1. The van der Waals surface area contributed by atoms with Crippen LogP contribution in [0.15, 0.2) is 12.1 Å². The van der Waals surface area contributed by atoms with Crippen LogP contribution in [0.2, 0.25) is 0 Å². The number of halogens is 1. The number of fused-ring (bicyclic) bond motifs is 1. The number of aliphatic hydroxyl groups excluding tert-OH is 1. The van der Waals surface area contributed by atoms with E-state index >= 15 is 4.39 Å². The molecule has 166 valence electrons. The highest BCUT2D eigenvalue weighted by molar-refractivity contribution is 6.00. The molecule has 1 aromatic carbocycles. The Morgan fingerprint density at radius 3 is 2.58 bits per heavy atom. The van der Waals surface area contributed by atoms with Crippen LogP contribution in [0.3, 0.4) is 0 Å². The first-order valence-electron chi connectivity index (χ1n) is 10.8. The van der Waals surface area contributed by atoms with Gasteiger partial charge in [0.2, 0.25) is 0 Å². The number of rotatable bonds is 4. The van der Waals surface area contributed by atoms with Crippen molar-refractivity contribution in [3.05, 3.63) is 40.5 Å². The first-order chi connectivity index (χ1) is 14.6. The van der Waals surface area contributed by atoms with Crippen molar-refractivity contribution in [1.82, 2.24) is 9.78 Å². The third kappa shape index (κ3) is 4.08. The Labute approximate surface area is 180 Å². The zero-order valence-corrected chi connectivity index (χ0v) is 18.2. The van der Waals surface area contributed by atoms with Crippen molar-refractivity contribution in [1.29, 1.82) is 0 Å². The van der Waals surface area contributed by atoms with Crippen LogP contribution >= 0.6 is 0 Å². The molecule has 0 spiro atoms. The van der Waals surface area contributed by atoms with Crippen molar-refractivity contribution in [2.75, 3.05) is 5.32 Å². The molecule has 1 aromatic heterocycles. The van der Waals surface area contributed by atoms with Crippen LogP contribution in [0.1, 0.15) is 78.1 Å². The number of benzene rings is 1. The maximum atomic E-state index is 15.0. The zero-order valence-electron chi connectivity index (χ0n) is 18.2. The molecule has 2 aliphatic carbocycles. The summed E-state index contributed by atoms with van der Waals surface area (Å²) in [6.45, 7) is 5.84. The molecule has 1 saturated carbocycles. The SMILES string of the molecule is Cc1nn(-c2cc(F)c(C(N)=O)c(NC3CCC(O)CC3)c2)c2c1C(=O)CC(C)(C)C2. The van der Waals surface area contributed by atoms with Crippen LogP contribution < -0.4 is 11.1 Å². The molecule has 0 atom stereocenters. The number of carbonyl (C=O) groups is 2. The van der Waals surface area contributed by atoms with E-state index in [0.29, 0.717) is 61.2 Å². The van der Waals surface area contributed by atoms with Gasteiger partial charge in [-0.3, -0.25) is 9.59 Å². The fraction of sp³-hybridized carbons (Fsp3) is 0.522. The second-order valence-electron chi connectivity index (χ2n) is 9.62. The van der Waals surface area contributed by atoms with E-state index in [1.54, 1.807) is 17.7 Å². The Morgan fingerprint density at radius 1 is 1.26 bits per heavy atom. The molecule has 0 aliphatic heterocycles. The summed E-state index contributed by atoms with van der Waals surface area (Å²) in [6, 6.07) is 2.92. The summed E-state index contributed by atoms with van der Waals surface area (Å²) in [5.41, 5.74) is 7.80. The summed E-state index contributed by atoms with van der Waals surface area (Å²) in [4.78, 5) is 24.7. The normalized spacial score (nSPS) is 22.8. The molecule has 4 rings (SSSR count). The number of aliphatic hydroxyl groups is 1. The van der Waals surface area contributed by atoms with E-state index in [0.717, 1.165) is 5.69 Å². The van der Waals surface area contributed by atoms with Crippen LogP contribution in [-0.4, -0.2) is 38.7 Å². The second kappa shape index (κ2) is 7.75. The van der Waals surface area contributed by atoms with Crippen molar-refractivity contribution in [2.24, 2.45) is 11.1 Å². The van der Waals surface area contributed by atoms with Gasteiger partial charge in [-0.2, -0.15) is 5.10 Å². The highest BCUT2D eigenvalue weighted by Gasteiger charge is 2.36. The number of Topliss-reactive ketones (excluding diaryl/α,β-unsaturated/α-hetero) is 1. The van der Waals surface area contributed by atoms with E-state index in [9.17, 15) is 14.7 Å². The summed E-state index contributed by atoms with van der Waals surface area (Å²) in [6.07, 6.45) is 3.48. The molecule has 0 saturated heterocycles. The molecule has 31 heavy (non-hydrogen) atoms. The quantitative estimate of drug-likeness (QED) is 0.692. The van der Waals surface area contributed by atoms with Gasteiger partial charge in [0, 0.05) is 18.5 Å². The number of aromatic nitrogens is 2. The lowest BCUT2D eigenvalue weighted by Gasteiger charge is -2.29. The molecule has 1 heterocycles. The lowest BCUT2D eigenvalue weighted by Crippen LogP contribution is -2.30. The topological polar surface area (TPSA) is 110 Å². The van der Waals surface area contributed by atoms with E-state index < -0.39 is 11.7 Å². The number of nitrogens with two attached hydrogens (primary N) is 1. The lowest BCUT2D eigenvalue weighted by atomic mass is 9.75. The summed E-state index contributed by atoms with van der Waals surface area (Å²) in [7, 11) is 0. The Bertz CT molecular complexity index is 1050. The Morgan fingerprint density at radius 2 is 1.94 bits per heavy atom. The summed E-state index contributed by atoms with van der Waals surface area (Å²) >= 11 is 0. The lowest BCUT2D eigenvalue weighted by molar-refractivity contribution is 0.0909. The van der Waals surface area contributed by atoms with Crippen molar-refractivity contribution in [2.45, 2.75) is 71.4 Å². The minimum atomic E-state index is -0.850. The molecule has 2 aromatic rings. The predicted octanol–water partition coefficient (Wildman–Crippen LogP) is 3.29. The maximum absolute atomic E-state index is 15.0. The number of nitrogens with one attached hydrogen (secondary N) is 1. The number of amides is 1. The van der Waals surface area contributed by atoms with Crippen LogP contribution in [0, 0.1) is 18.2 Å². The monoisotopic (exact) mass is 428 g/mol. The van der Waals surface area contributed by atoms with Gasteiger partial charge in [-0.25, -0.2) is 9.07 Å². The van der Waals surface area contributed by atoms with E-state index in [2.05, 4.69) is 10.4 Å². The Kier molecular flexibility index (Phi) is 5.37. The summed E-state index contributed by atoms with van der Waals surface area (Å²) in [5, 5.41) is 17.5.